The van der Waals surface area contributed by atoms with Crippen LogP contribution in [0.1, 0.15) is 45.4 Å². The van der Waals surface area contributed by atoms with Crippen LogP contribution in [0, 0.1) is 0 Å². The lowest BCUT2D eigenvalue weighted by atomic mass is 10.1. The second-order valence-corrected chi connectivity index (χ2v) is 4.91. The molecular weight excluding hydrogens is 272 g/mol. The molecule has 1 aliphatic heterocycles. The predicted molar refractivity (Wildman–Crippen MR) is 72.8 cm³/mol. The first-order valence-corrected chi connectivity index (χ1v) is 6.66. The van der Waals surface area contributed by atoms with Crippen LogP contribution in [0.25, 0.3) is 0 Å². The summed E-state index contributed by atoms with van der Waals surface area (Å²) in [6.07, 6.45) is 4.66. The maximum absolute atomic E-state index is 12.5. The number of nitrogens with zero attached hydrogens (tertiary/aromatic N) is 3. The van der Waals surface area contributed by atoms with E-state index in [0.717, 1.165) is 18.5 Å². The molecule has 21 heavy (non-hydrogen) atoms. The zero-order valence-corrected chi connectivity index (χ0v) is 11.2. The number of hydrogen-bond donors (Lipinski definition) is 2. The van der Waals surface area contributed by atoms with Gasteiger partial charge in [0.1, 0.15) is 5.69 Å². The SMILES string of the molecule is O=C(O)c1ccc(C(=O)N2CCCC2c2ccn[nH]2)nc1. The van der Waals surface area contributed by atoms with E-state index < -0.39 is 5.97 Å². The van der Waals surface area contributed by atoms with E-state index in [9.17, 15) is 9.59 Å². The Morgan fingerprint density at radius 3 is 2.81 bits per heavy atom. The van der Waals surface area contributed by atoms with Crippen molar-refractivity contribution in [1.82, 2.24) is 20.1 Å². The van der Waals surface area contributed by atoms with Gasteiger partial charge < -0.3 is 10.0 Å². The van der Waals surface area contributed by atoms with Crippen LogP contribution in [-0.2, 0) is 0 Å². The number of aromatic amines is 1. The van der Waals surface area contributed by atoms with Crippen molar-refractivity contribution in [3.63, 3.8) is 0 Å². The van der Waals surface area contributed by atoms with Crippen molar-refractivity contribution in [2.45, 2.75) is 18.9 Å². The number of carboxylic acid groups (broad SMARTS) is 1. The Hall–Kier alpha value is -2.70. The first-order chi connectivity index (χ1) is 10.2. The molecule has 0 aliphatic carbocycles. The number of H-pyrrole nitrogens is 1. The molecule has 7 nitrogen and oxygen atoms in total. The van der Waals surface area contributed by atoms with E-state index in [1.54, 1.807) is 11.1 Å². The van der Waals surface area contributed by atoms with Crippen molar-refractivity contribution < 1.29 is 14.7 Å². The molecule has 1 aliphatic rings. The molecule has 1 unspecified atom stereocenters. The van der Waals surface area contributed by atoms with Gasteiger partial charge in [-0.05, 0) is 31.0 Å². The molecule has 0 saturated carbocycles. The van der Waals surface area contributed by atoms with Crippen molar-refractivity contribution in [3.8, 4) is 0 Å². The topological polar surface area (TPSA) is 99.2 Å². The molecule has 0 aromatic carbocycles. The number of rotatable bonds is 3. The van der Waals surface area contributed by atoms with Crippen LogP contribution in [0.15, 0.2) is 30.6 Å². The number of aromatic carboxylic acids is 1. The Labute approximate surface area is 120 Å². The molecule has 0 spiro atoms. The lowest BCUT2D eigenvalue weighted by molar-refractivity contribution is 0.0690. The molecule has 1 amide bonds. The Kier molecular flexibility index (Phi) is 3.39. The van der Waals surface area contributed by atoms with Gasteiger partial charge in [-0.2, -0.15) is 5.10 Å². The van der Waals surface area contributed by atoms with Crippen LogP contribution < -0.4 is 0 Å². The Bertz CT molecular complexity index is 651. The Balaban J connectivity index is 1.82. The summed E-state index contributed by atoms with van der Waals surface area (Å²) in [4.78, 5) is 29.0. The summed E-state index contributed by atoms with van der Waals surface area (Å²) >= 11 is 0. The van der Waals surface area contributed by atoms with E-state index >= 15 is 0 Å². The van der Waals surface area contributed by atoms with Gasteiger partial charge >= 0.3 is 5.97 Å². The lowest BCUT2D eigenvalue weighted by Gasteiger charge is -2.23. The second-order valence-electron chi connectivity index (χ2n) is 4.91. The third kappa shape index (κ3) is 2.49. The number of amides is 1. The van der Waals surface area contributed by atoms with Crippen LogP contribution in [0.3, 0.4) is 0 Å². The Morgan fingerprint density at radius 1 is 1.33 bits per heavy atom. The molecule has 1 saturated heterocycles. The maximum atomic E-state index is 12.5. The molecule has 0 bridgehead atoms. The molecule has 3 heterocycles. The largest absolute Gasteiger partial charge is 0.478 e. The van der Waals surface area contributed by atoms with Crippen molar-refractivity contribution >= 4 is 11.9 Å². The van der Waals surface area contributed by atoms with E-state index in [1.165, 1.54) is 18.3 Å². The van der Waals surface area contributed by atoms with Crippen LogP contribution in [0.5, 0.6) is 0 Å². The monoisotopic (exact) mass is 286 g/mol. The zero-order valence-electron chi connectivity index (χ0n) is 11.2. The lowest BCUT2D eigenvalue weighted by Crippen LogP contribution is -2.31. The molecule has 7 heteroatoms. The molecular formula is C14H14N4O3. The number of nitrogens with one attached hydrogen (secondary N) is 1. The van der Waals surface area contributed by atoms with Gasteiger partial charge in [0.05, 0.1) is 17.3 Å². The number of carbonyl (C=O) groups excluding carboxylic acids is 1. The molecule has 2 aromatic rings. The summed E-state index contributed by atoms with van der Waals surface area (Å²) in [5.74, 6) is -1.25. The van der Waals surface area contributed by atoms with E-state index in [2.05, 4.69) is 15.2 Å². The number of likely N-dealkylation sites (tertiary alicyclic amines) is 1. The fourth-order valence-corrected chi connectivity index (χ4v) is 2.58. The minimum atomic E-state index is -1.06. The van der Waals surface area contributed by atoms with Crippen molar-refractivity contribution in [3.05, 3.63) is 47.5 Å². The normalized spacial score (nSPS) is 17.9. The maximum Gasteiger partial charge on any atom is 0.337 e. The third-order valence-electron chi connectivity index (χ3n) is 3.62. The summed E-state index contributed by atoms with van der Waals surface area (Å²) < 4.78 is 0. The van der Waals surface area contributed by atoms with Crippen molar-refractivity contribution in [2.24, 2.45) is 0 Å². The van der Waals surface area contributed by atoms with Crippen molar-refractivity contribution in [2.75, 3.05) is 6.54 Å². The van der Waals surface area contributed by atoms with Gasteiger partial charge in [0.25, 0.3) is 5.91 Å². The van der Waals surface area contributed by atoms with E-state index in [4.69, 9.17) is 5.11 Å². The van der Waals surface area contributed by atoms with Gasteiger partial charge in [0.15, 0.2) is 0 Å². The molecule has 2 aromatic heterocycles. The fourth-order valence-electron chi connectivity index (χ4n) is 2.58. The van der Waals surface area contributed by atoms with Gasteiger partial charge in [-0.15, -0.1) is 0 Å². The van der Waals surface area contributed by atoms with Crippen LogP contribution in [-0.4, -0.2) is 43.6 Å². The number of carboxylic acids is 1. The average molecular weight is 286 g/mol. The highest BCUT2D eigenvalue weighted by atomic mass is 16.4. The van der Waals surface area contributed by atoms with E-state index in [0.29, 0.717) is 6.54 Å². The van der Waals surface area contributed by atoms with Crippen LogP contribution in [0.2, 0.25) is 0 Å². The standard InChI is InChI=1S/C14H14N4O3/c19-13(11-4-3-9(8-15-11)14(20)21)18-7-1-2-12(18)10-5-6-16-17-10/h3-6,8,12H,1-2,7H2,(H,16,17)(H,20,21). The molecule has 108 valence electrons. The molecule has 2 N–H and O–H groups in total. The van der Waals surface area contributed by atoms with Gasteiger partial charge in [-0.25, -0.2) is 4.79 Å². The zero-order chi connectivity index (χ0) is 14.8. The smallest absolute Gasteiger partial charge is 0.337 e. The highest BCUT2D eigenvalue weighted by Crippen LogP contribution is 2.31. The Morgan fingerprint density at radius 2 is 2.19 bits per heavy atom. The highest BCUT2D eigenvalue weighted by molar-refractivity contribution is 5.94. The third-order valence-corrected chi connectivity index (χ3v) is 3.62. The van der Waals surface area contributed by atoms with Gasteiger partial charge in [-0.3, -0.25) is 14.9 Å². The summed E-state index contributed by atoms with van der Waals surface area (Å²) in [6.45, 7) is 0.658. The fraction of sp³-hybridized carbons (Fsp3) is 0.286. The molecule has 0 radical (unpaired) electrons. The van der Waals surface area contributed by atoms with Crippen LogP contribution >= 0.6 is 0 Å². The van der Waals surface area contributed by atoms with Gasteiger partial charge in [0.2, 0.25) is 0 Å². The van der Waals surface area contributed by atoms with Gasteiger partial charge in [0, 0.05) is 18.9 Å². The first kappa shape index (κ1) is 13.3. The number of hydrogen-bond acceptors (Lipinski definition) is 4. The summed E-state index contributed by atoms with van der Waals surface area (Å²) in [5.41, 5.74) is 1.23. The first-order valence-electron chi connectivity index (χ1n) is 6.66. The minimum Gasteiger partial charge on any atom is -0.478 e. The van der Waals surface area contributed by atoms with E-state index in [1.807, 2.05) is 6.07 Å². The highest BCUT2D eigenvalue weighted by Gasteiger charge is 2.32. The second kappa shape index (κ2) is 5.35. The molecule has 1 atom stereocenters. The number of aromatic nitrogens is 3. The molecule has 1 fully saturated rings. The summed E-state index contributed by atoms with van der Waals surface area (Å²) in [5, 5.41) is 15.7. The van der Waals surface area contributed by atoms with Crippen molar-refractivity contribution in [1.29, 1.82) is 0 Å². The predicted octanol–water partition coefficient (Wildman–Crippen LogP) is 1.48. The summed E-state index contributed by atoms with van der Waals surface area (Å²) in [7, 11) is 0. The number of pyridine rings is 1. The average Bonchev–Trinajstić information content (AvgIpc) is 3.17. The summed E-state index contributed by atoms with van der Waals surface area (Å²) in [6, 6.07) is 4.68. The molecule has 3 rings (SSSR count). The quantitative estimate of drug-likeness (QED) is 0.890. The van der Waals surface area contributed by atoms with Crippen LogP contribution in [0.4, 0.5) is 0 Å². The number of carbonyl (C=O) groups is 2. The van der Waals surface area contributed by atoms with E-state index in [-0.39, 0.29) is 23.2 Å². The van der Waals surface area contributed by atoms with Gasteiger partial charge in [-0.1, -0.05) is 0 Å². The minimum absolute atomic E-state index is 0.0269.